The van der Waals surface area contributed by atoms with Crippen molar-refractivity contribution in [1.29, 1.82) is 0 Å². The molecule has 3 aliphatic heterocycles. The lowest BCUT2D eigenvalue weighted by Crippen LogP contribution is -2.58. The lowest BCUT2D eigenvalue weighted by Gasteiger charge is -2.49. The van der Waals surface area contributed by atoms with Crippen LogP contribution in [0.4, 0.5) is 0 Å². The molecular formula is C19H31N5O2. The van der Waals surface area contributed by atoms with Crippen molar-refractivity contribution in [2.45, 2.75) is 76.6 Å². The molecular weight excluding hydrogens is 330 g/mol. The molecule has 1 aliphatic carbocycles. The van der Waals surface area contributed by atoms with Crippen LogP contribution >= 0.6 is 0 Å². The van der Waals surface area contributed by atoms with E-state index < -0.39 is 5.60 Å². The van der Waals surface area contributed by atoms with E-state index in [9.17, 15) is 9.90 Å². The first-order valence-corrected chi connectivity index (χ1v) is 10.1. The number of fused-ring (bicyclic) bond motifs is 3. The van der Waals surface area contributed by atoms with Crippen molar-refractivity contribution >= 4 is 5.91 Å². The van der Waals surface area contributed by atoms with Gasteiger partial charge in [-0.3, -0.25) is 14.4 Å². The normalized spacial score (nSPS) is 32.9. The Kier molecular flexibility index (Phi) is 4.77. The SMILES string of the molecule is CC(C)NC(=O)C1CN2CCC1CC2Cn1cc(C2(O)CCCC2)nn1. The summed E-state index contributed by atoms with van der Waals surface area (Å²) in [6.45, 7) is 6.73. The molecule has 1 aromatic heterocycles. The maximum atomic E-state index is 12.5. The van der Waals surface area contributed by atoms with Gasteiger partial charge in [0.15, 0.2) is 0 Å². The van der Waals surface area contributed by atoms with E-state index in [0.717, 1.165) is 63.9 Å². The van der Waals surface area contributed by atoms with Gasteiger partial charge in [0, 0.05) is 18.6 Å². The average Bonchev–Trinajstić information content (AvgIpc) is 3.25. The summed E-state index contributed by atoms with van der Waals surface area (Å²) >= 11 is 0. The van der Waals surface area contributed by atoms with E-state index in [1.165, 1.54) is 0 Å². The van der Waals surface area contributed by atoms with Gasteiger partial charge in [-0.05, 0) is 52.0 Å². The molecule has 1 saturated carbocycles. The van der Waals surface area contributed by atoms with Gasteiger partial charge in [0.2, 0.25) is 5.91 Å². The van der Waals surface area contributed by atoms with E-state index in [0.29, 0.717) is 12.0 Å². The first-order valence-electron chi connectivity index (χ1n) is 10.1. The first-order chi connectivity index (χ1) is 12.4. The second-order valence-electron chi connectivity index (χ2n) is 8.77. The zero-order chi connectivity index (χ0) is 18.3. The monoisotopic (exact) mass is 361 g/mol. The number of nitrogens with zero attached hydrogens (tertiary/aromatic N) is 4. The molecule has 144 valence electrons. The van der Waals surface area contributed by atoms with Gasteiger partial charge in [-0.15, -0.1) is 5.10 Å². The summed E-state index contributed by atoms with van der Waals surface area (Å²) in [4.78, 5) is 14.9. The highest BCUT2D eigenvalue weighted by molar-refractivity contribution is 5.79. The number of nitrogens with one attached hydrogen (secondary N) is 1. The molecule has 4 unspecified atom stereocenters. The molecule has 1 aromatic rings. The highest BCUT2D eigenvalue weighted by Crippen LogP contribution is 2.38. The summed E-state index contributed by atoms with van der Waals surface area (Å²) in [5, 5.41) is 22.3. The summed E-state index contributed by atoms with van der Waals surface area (Å²) in [6.07, 6.45) is 7.76. The lowest BCUT2D eigenvalue weighted by molar-refractivity contribution is -0.133. The van der Waals surface area contributed by atoms with Gasteiger partial charge in [-0.1, -0.05) is 18.1 Å². The molecule has 4 fully saturated rings. The minimum Gasteiger partial charge on any atom is -0.383 e. The summed E-state index contributed by atoms with van der Waals surface area (Å²) in [6, 6.07) is 0.605. The van der Waals surface area contributed by atoms with Crippen LogP contribution in [0, 0.1) is 11.8 Å². The predicted octanol–water partition coefficient (Wildman–Crippen LogP) is 1.27. The molecule has 1 amide bonds. The molecule has 4 aliphatic rings. The number of hydrogen-bond acceptors (Lipinski definition) is 5. The molecule has 26 heavy (non-hydrogen) atoms. The van der Waals surface area contributed by atoms with Crippen LogP contribution in [0.25, 0.3) is 0 Å². The van der Waals surface area contributed by atoms with Crippen LogP contribution < -0.4 is 5.32 Å². The van der Waals surface area contributed by atoms with E-state index in [1.54, 1.807) is 0 Å². The van der Waals surface area contributed by atoms with Gasteiger partial charge in [0.05, 0.1) is 18.7 Å². The molecule has 2 N–H and O–H groups in total. The van der Waals surface area contributed by atoms with E-state index >= 15 is 0 Å². The number of aliphatic hydroxyl groups is 1. The fourth-order valence-electron chi connectivity index (χ4n) is 5.05. The number of hydrogen-bond donors (Lipinski definition) is 2. The Morgan fingerprint density at radius 1 is 1.42 bits per heavy atom. The Balaban J connectivity index is 1.39. The Hall–Kier alpha value is -1.47. The van der Waals surface area contributed by atoms with Gasteiger partial charge in [0.1, 0.15) is 11.3 Å². The quantitative estimate of drug-likeness (QED) is 0.825. The highest BCUT2D eigenvalue weighted by Gasteiger charge is 2.43. The standard InChI is InChI=1S/C19H31N5O2/c1-13(2)20-18(25)16-11-23-8-5-14(16)9-15(23)10-24-12-17(21-22-24)19(26)6-3-4-7-19/h12-16,26H,3-11H2,1-2H3,(H,20,25). The van der Waals surface area contributed by atoms with E-state index in [-0.39, 0.29) is 17.9 Å². The third kappa shape index (κ3) is 3.39. The van der Waals surface area contributed by atoms with Crippen molar-refractivity contribution in [2.24, 2.45) is 11.8 Å². The lowest BCUT2D eigenvalue weighted by atomic mass is 9.75. The molecule has 2 bridgehead atoms. The van der Waals surface area contributed by atoms with Crippen LogP contribution in [0.15, 0.2) is 6.20 Å². The zero-order valence-corrected chi connectivity index (χ0v) is 15.9. The molecule has 0 aromatic carbocycles. The van der Waals surface area contributed by atoms with E-state index in [1.807, 2.05) is 24.7 Å². The first kappa shape index (κ1) is 17.9. The van der Waals surface area contributed by atoms with Gasteiger partial charge in [0.25, 0.3) is 0 Å². The maximum Gasteiger partial charge on any atom is 0.224 e. The topological polar surface area (TPSA) is 83.3 Å². The number of aromatic nitrogens is 3. The van der Waals surface area contributed by atoms with Crippen LogP contribution in [0.3, 0.4) is 0 Å². The number of amides is 1. The van der Waals surface area contributed by atoms with Crippen molar-refractivity contribution in [3.8, 4) is 0 Å². The van der Waals surface area contributed by atoms with Gasteiger partial charge in [-0.2, -0.15) is 0 Å². The largest absolute Gasteiger partial charge is 0.383 e. The van der Waals surface area contributed by atoms with Crippen LogP contribution in [-0.2, 0) is 16.9 Å². The second kappa shape index (κ2) is 6.93. The average molecular weight is 361 g/mol. The van der Waals surface area contributed by atoms with Gasteiger partial charge in [-0.25, -0.2) is 0 Å². The van der Waals surface area contributed by atoms with E-state index in [4.69, 9.17) is 0 Å². The molecule has 0 radical (unpaired) electrons. The Morgan fingerprint density at radius 3 is 2.85 bits per heavy atom. The van der Waals surface area contributed by atoms with E-state index in [2.05, 4.69) is 20.5 Å². The Labute approximate surface area is 155 Å². The number of carbonyl (C=O) groups is 1. The van der Waals surface area contributed by atoms with Crippen molar-refractivity contribution in [1.82, 2.24) is 25.2 Å². The molecule has 4 heterocycles. The predicted molar refractivity (Wildman–Crippen MR) is 97.2 cm³/mol. The molecule has 3 saturated heterocycles. The number of rotatable bonds is 5. The minimum absolute atomic E-state index is 0.118. The van der Waals surface area contributed by atoms with Gasteiger partial charge < -0.3 is 10.4 Å². The third-order valence-electron chi connectivity index (χ3n) is 6.49. The van der Waals surface area contributed by atoms with Crippen molar-refractivity contribution in [3.63, 3.8) is 0 Å². The molecule has 0 spiro atoms. The smallest absolute Gasteiger partial charge is 0.224 e. The highest BCUT2D eigenvalue weighted by atomic mass is 16.3. The van der Waals surface area contributed by atoms with Crippen molar-refractivity contribution in [3.05, 3.63) is 11.9 Å². The summed E-state index contributed by atoms with van der Waals surface area (Å²) in [7, 11) is 0. The summed E-state index contributed by atoms with van der Waals surface area (Å²) < 4.78 is 1.89. The van der Waals surface area contributed by atoms with Crippen molar-refractivity contribution < 1.29 is 9.90 Å². The van der Waals surface area contributed by atoms with Crippen LogP contribution in [0.5, 0.6) is 0 Å². The molecule has 7 nitrogen and oxygen atoms in total. The Morgan fingerprint density at radius 2 is 2.19 bits per heavy atom. The fraction of sp³-hybridized carbons (Fsp3) is 0.842. The third-order valence-corrected chi connectivity index (χ3v) is 6.49. The molecule has 4 atom stereocenters. The zero-order valence-electron chi connectivity index (χ0n) is 15.9. The maximum absolute atomic E-state index is 12.5. The second-order valence-corrected chi connectivity index (χ2v) is 8.77. The number of carbonyl (C=O) groups excluding carboxylic acids is 1. The fourth-order valence-corrected chi connectivity index (χ4v) is 5.05. The summed E-state index contributed by atoms with van der Waals surface area (Å²) in [5.41, 5.74) is -0.0513. The number of piperidine rings is 3. The van der Waals surface area contributed by atoms with Crippen molar-refractivity contribution in [2.75, 3.05) is 13.1 Å². The molecule has 5 rings (SSSR count). The molecule has 7 heteroatoms. The minimum atomic E-state index is -0.774. The summed E-state index contributed by atoms with van der Waals surface area (Å²) in [5.74, 6) is 0.790. The van der Waals surface area contributed by atoms with Gasteiger partial charge >= 0.3 is 0 Å². The van der Waals surface area contributed by atoms with Crippen LogP contribution in [0.2, 0.25) is 0 Å². The van der Waals surface area contributed by atoms with Crippen LogP contribution in [-0.4, -0.2) is 56.1 Å². The Bertz CT molecular complexity index is 652. The van der Waals surface area contributed by atoms with Crippen LogP contribution in [0.1, 0.15) is 58.1 Å².